The molecule has 8 nitrogen and oxygen atoms in total. The van der Waals surface area contributed by atoms with Crippen LogP contribution in [0.4, 0.5) is 4.39 Å². The summed E-state index contributed by atoms with van der Waals surface area (Å²) in [7, 11) is -0.590. The third kappa shape index (κ3) is 5.52. The fraction of sp³-hybridized carbons (Fsp3) is 0.581. The van der Waals surface area contributed by atoms with Crippen molar-refractivity contribution < 1.29 is 18.3 Å². The van der Waals surface area contributed by atoms with Crippen molar-refractivity contribution in [2.24, 2.45) is 0 Å². The van der Waals surface area contributed by atoms with Gasteiger partial charge in [0, 0.05) is 20.1 Å². The predicted octanol–water partition coefficient (Wildman–Crippen LogP) is 5.81. The van der Waals surface area contributed by atoms with E-state index >= 15 is 4.39 Å². The van der Waals surface area contributed by atoms with Crippen LogP contribution in [0.3, 0.4) is 0 Å². The highest BCUT2D eigenvalue weighted by molar-refractivity contribution is 6.74. The second-order valence-corrected chi connectivity index (χ2v) is 17.7. The van der Waals surface area contributed by atoms with E-state index in [0.29, 0.717) is 26.2 Å². The number of halogens is 1. The molecule has 2 aliphatic heterocycles. The Balaban J connectivity index is 1.63. The number of piperidine rings is 1. The molecule has 0 amide bonds. The summed E-state index contributed by atoms with van der Waals surface area (Å²) in [5.74, 6) is 0.212. The number of alkyl halides is 1. The summed E-state index contributed by atoms with van der Waals surface area (Å²) in [6.45, 7) is 12.8. The van der Waals surface area contributed by atoms with Gasteiger partial charge in [0.2, 0.25) is 0 Å². The van der Waals surface area contributed by atoms with Gasteiger partial charge in [0.05, 0.1) is 30.9 Å². The lowest BCUT2D eigenvalue weighted by Gasteiger charge is -2.53. The van der Waals surface area contributed by atoms with Crippen LogP contribution in [-0.2, 0) is 38.4 Å². The smallest absolute Gasteiger partial charge is 0.192 e. The van der Waals surface area contributed by atoms with Gasteiger partial charge in [-0.25, -0.2) is 9.07 Å². The summed E-state index contributed by atoms with van der Waals surface area (Å²) >= 11 is 0. The van der Waals surface area contributed by atoms with Gasteiger partial charge < -0.3 is 13.9 Å². The van der Waals surface area contributed by atoms with E-state index in [1.54, 1.807) is 7.11 Å². The number of rotatable bonds is 11. The van der Waals surface area contributed by atoms with Crippen molar-refractivity contribution in [1.82, 2.24) is 25.1 Å². The lowest BCUT2D eigenvalue weighted by molar-refractivity contribution is -0.0646. The van der Waals surface area contributed by atoms with Crippen LogP contribution in [0.2, 0.25) is 18.1 Å². The maximum Gasteiger partial charge on any atom is 0.192 e. The first-order chi connectivity index (χ1) is 19.5. The topological polar surface area (TPSA) is 74.5 Å². The van der Waals surface area contributed by atoms with Crippen LogP contribution < -0.4 is 0 Å². The minimum atomic E-state index is -2.21. The average molecular weight is 582 g/mol. The van der Waals surface area contributed by atoms with Crippen molar-refractivity contribution in [3.63, 3.8) is 0 Å². The molecule has 3 heterocycles. The molecule has 0 saturated carbocycles. The first-order valence-corrected chi connectivity index (χ1v) is 17.5. The number of tetrazole rings is 1. The number of nitrogens with zero attached hydrogens (tertiary/aromatic N) is 5. The Labute approximate surface area is 244 Å². The molecule has 1 aromatic heterocycles. The van der Waals surface area contributed by atoms with E-state index in [4.69, 9.17) is 13.9 Å². The van der Waals surface area contributed by atoms with Gasteiger partial charge in [-0.1, -0.05) is 81.4 Å². The van der Waals surface area contributed by atoms with E-state index in [0.717, 1.165) is 17.5 Å². The number of aromatic nitrogens is 4. The predicted molar refractivity (Wildman–Crippen MR) is 158 cm³/mol. The lowest BCUT2D eigenvalue weighted by atomic mass is 9.78. The van der Waals surface area contributed by atoms with Crippen molar-refractivity contribution in [2.75, 3.05) is 20.3 Å². The number of benzene rings is 2. The summed E-state index contributed by atoms with van der Waals surface area (Å²) in [5, 5.41) is 12.4. The maximum absolute atomic E-state index is 18.1. The van der Waals surface area contributed by atoms with E-state index in [-0.39, 0.29) is 30.1 Å². The molecule has 0 aliphatic carbocycles. The zero-order valence-electron chi connectivity index (χ0n) is 25.2. The molecule has 2 fully saturated rings. The molecule has 10 heteroatoms. The Morgan fingerprint density at radius 3 is 2.34 bits per heavy atom. The number of hydrogen-bond acceptors (Lipinski definition) is 7. The Morgan fingerprint density at radius 1 is 1.00 bits per heavy atom. The van der Waals surface area contributed by atoms with E-state index in [1.165, 1.54) is 4.68 Å². The molecule has 2 aliphatic rings. The fourth-order valence-electron chi connectivity index (χ4n) is 6.38. The minimum absolute atomic E-state index is 0.0149. The molecular formula is C31H44FN5O3Si. The highest BCUT2D eigenvalue weighted by Crippen LogP contribution is 2.61. The van der Waals surface area contributed by atoms with Crippen molar-refractivity contribution in [3.8, 4) is 0 Å². The summed E-state index contributed by atoms with van der Waals surface area (Å²) in [4.78, 5) is 2.36. The third-order valence-corrected chi connectivity index (χ3v) is 13.9. The van der Waals surface area contributed by atoms with Gasteiger partial charge >= 0.3 is 0 Å². The van der Waals surface area contributed by atoms with Gasteiger partial charge in [0.15, 0.2) is 19.8 Å². The van der Waals surface area contributed by atoms with Crippen LogP contribution in [-0.4, -0.2) is 65.9 Å². The van der Waals surface area contributed by atoms with Crippen LogP contribution in [0.1, 0.15) is 57.0 Å². The number of fused-ring (bicyclic) bond motifs is 2. The molecule has 4 atom stereocenters. The Morgan fingerprint density at radius 2 is 1.68 bits per heavy atom. The van der Waals surface area contributed by atoms with E-state index in [2.05, 4.69) is 78.6 Å². The molecule has 41 heavy (non-hydrogen) atoms. The Bertz CT molecular complexity index is 1290. The van der Waals surface area contributed by atoms with Crippen LogP contribution >= 0.6 is 0 Å². The van der Waals surface area contributed by atoms with Gasteiger partial charge in [-0.15, -0.1) is 5.10 Å². The van der Waals surface area contributed by atoms with Crippen LogP contribution in [0, 0.1) is 0 Å². The van der Waals surface area contributed by atoms with Crippen LogP contribution in [0.25, 0.3) is 0 Å². The average Bonchev–Trinajstić information content (AvgIpc) is 3.48. The van der Waals surface area contributed by atoms with Gasteiger partial charge in [-0.3, -0.25) is 4.90 Å². The Kier molecular flexibility index (Phi) is 8.51. The van der Waals surface area contributed by atoms with Gasteiger partial charge in [0.1, 0.15) is 6.73 Å². The Hall–Kier alpha value is -2.50. The van der Waals surface area contributed by atoms with Crippen molar-refractivity contribution in [3.05, 3.63) is 77.6 Å². The molecule has 3 aromatic rings. The zero-order valence-corrected chi connectivity index (χ0v) is 26.2. The zero-order chi connectivity index (χ0) is 29.3. The summed E-state index contributed by atoms with van der Waals surface area (Å²) in [5.41, 5.74) is -0.320. The van der Waals surface area contributed by atoms with E-state index < -0.39 is 25.6 Å². The molecule has 0 radical (unpaired) electrons. The fourth-order valence-corrected chi connectivity index (χ4v) is 7.76. The molecule has 2 bridgehead atoms. The van der Waals surface area contributed by atoms with Gasteiger partial charge in [-0.05, 0) is 52.5 Å². The summed E-state index contributed by atoms with van der Waals surface area (Å²) in [6.07, 6.45) is 1.40. The lowest BCUT2D eigenvalue weighted by Crippen LogP contribution is -2.60. The van der Waals surface area contributed by atoms with Crippen molar-refractivity contribution in [2.45, 2.75) is 94.8 Å². The monoisotopic (exact) mass is 581 g/mol. The molecule has 0 spiro atoms. The first kappa shape index (κ1) is 30.0. The number of ether oxygens (including phenoxy) is 2. The molecule has 2 saturated heterocycles. The molecule has 0 unspecified atom stereocenters. The second-order valence-electron chi connectivity index (χ2n) is 12.9. The van der Waals surface area contributed by atoms with Gasteiger partial charge in [0.25, 0.3) is 0 Å². The molecule has 2 aromatic carbocycles. The maximum atomic E-state index is 18.1. The molecule has 222 valence electrons. The quantitative estimate of drug-likeness (QED) is 0.209. The van der Waals surface area contributed by atoms with Crippen LogP contribution in [0.5, 0.6) is 0 Å². The van der Waals surface area contributed by atoms with E-state index in [9.17, 15) is 0 Å². The molecular weight excluding hydrogens is 537 g/mol. The molecule has 5 rings (SSSR count). The third-order valence-electron chi connectivity index (χ3n) is 9.44. The minimum Gasteiger partial charge on any atom is -0.412 e. The van der Waals surface area contributed by atoms with Crippen LogP contribution in [0.15, 0.2) is 60.7 Å². The van der Waals surface area contributed by atoms with Crippen molar-refractivity contribution in [1.29, 1.82) is 0 Å². The van der Waals surface area contributed by atoms with Crippen molar-refractivity contribution >= 4 is 8.32 Å². The SMILES string of the molecule is COCCOCn1nnnc1[C@]1(F)C[C@@]2(c3ccccc3)[C@H](O[Si](C)(C)C(C)(C)C)CC[C@@H]1N2Cc1ccccc1. The second kappa shape index (κ2) is 11.6. The molecule has 0 N–H and O–H groups in total. The number of hydrogen-bond donors (Lipinski definition) is 0. The standard InChI is InChI=1S/C31H44FN5O3Si/c1-29(2,3)41(5,6)40-27-18-17-26-30(32,28-33-34-35-37(28)23-39-20-19-38-4)22-31(27,25-15-11-8-12-16-25)36(26)21-24-13-9-7-10-14-24/h7-16,26-27H,17-23H2,1-6H3/t26-,27+,30-,31+/m0/s1. The normalized spacial score (nSPS) is 26.9. The summed E-state index contributed by atoms with van der Waals surface area (Å²) in [6, 6.07) is 20.3. The first-order valence-electron chi connectivity index (χ1n) is 14.6. The highest BCUT2D eigenvalue weighted by Gasteiger charge is 2.69. The largest absolute Gasteiger partial charge is 0.412 e. The number of methoxy groups -OCH3 is 1. The highest BCUT2D eigenvalue weighted by atomic mass is 28.4. The van der Waals surface area contributed by atoms with E-state index in [1.807, 2.05) is 36.4 Å². The van der Waals surface area contributed by atoms with Gasteiger partial charge in [-0.2, -0.15) is 0 Å². The summed E-state index contributed by atoms with van der Waals surface area (Å²) < 4.78 is 37.6.